The third-order valence-corrected chi connectivity index (χ3v) is 14.3. The standard InChI is InChI=1S/C59H113NO8/c1-3-5-7-9-11-13-15-17-19-21-23-25-27-29-31-33-35-37-39-41-43-45-47-49-55(63)60-52(51-67-59-58(66)57(65)56(64)54(50-61)68-59)53(62)48-46-44-42-40-38-36-34-32-30-28-26-24-22-20-18-16-14-12-10-8-6-4-2/h21,23,46,48,52-54,56-59,61-62,64-66H,3-20,22,24-45,47,49-51H2,1-2H3,(H,60,63)/b23-21-,48-46+. The first-order chi connectivity index (χ1) is 33.3. The summed E-state index contributed by atoms with van der Waals surface area (Å²) < 4.78 is 11.3. The molecule has 0 aromatic rings. The SMILES string of the molecule is CCCCCCCCCC/C=C\CCCCCCCCCCCCCC(=O)NC(COC1OC(CO)C(O)C(O)C1O)C(O)/C=C/CCCCCCCCCCCCCCCCCCCCCC. The number of hydrogen-bond acceptors (Lipinski definition) is 8. The summed E-state index contributed by atoms with van der Waals surface area (Å²) in [6.07, 6.45) is 55.3. The van der Waals surface area contributed by atoms with E-state index in [-0.39, 0.29) is 12.5 Å². The highest BCUT2D eigenvalue weighted by Crippen LogP contribution is 2.23. The largest absolute Gasteiger partial charge is 0.394 e. The summed E-state index contributed by atoms with van der Waals surface area (Å²) in [6.45, 7) is 3.82. The monoisotopic (exact) mass is 964 g/mol. The maximum Gasteiger partial charge on any atom is 0.220 e. The molecule has 402 valence electrons. The Kier molecular flexibility index (Phi) is 46.9. The maximum atomic E-state index is 13.1. The highest BCUT2D eigenvalue weighted by atomic mass is 16.7. The van der Waals surface area contributed by atoms with Crippen molar-refractivity contribution in [1.82, 2.24) is 5.32 Å². The summed E-state index contributed by atoms with van der Waals surface area (Å²) in [7, 11) is 0. The fraction of sp³-hybridized carbons (Fsp3) is 0.915. The number of aliphatic hydroxyl groups excluding tert-OH is 5. The molecule has 0 radical (unpaired) electrons. The Morgan fingerprint density at radius 3 is 1.19 bits per heavy atom. The van der Waals surface area contributed by atoms with Crippen molar-refractivity contribution in [2.24, 2.45) is 0 Å². The summed E-state index contributed by atoms with van der Waals surface area (Å²) in [6, 6.07) is -0.804. The summed E-state index contributed by atoms with van der Waals surface area (Å²) >= 11 is 0. The molecule has 1 saturated heterocycles. The number of unbranched alkanes of at least 4 members (excludes halogenated alkanes) is 39. The average molecular weight is 965 g/mol. The lowest BCUT2D eigenvalue weighted by Gasteiger charge is -2.40. The number of ether oxygens (including phenoxy) is 2. The summed E-state index contributed by atoms with van der Waals surface area (Å²) in [4.78, 5) is 13.1. The molecule has 1 aliphatic heterocycles. The highest BCUT2D eigenvalue weighted by molar-refractivity contribution is 5.76. The van der Waals surface area contributed by atoms with E-state index in [2.05, 4.69) is 31.3 Å². The van der Waals surface area contributed by atoms with E-state index >= 15 is 0 Å². The van der Waals surface area contributed by atoms with Gasteiger partial charge in [0.2, 0.25) is 5.91 Å². The van der Waals surface area contributed by atoms with Crippen LogP contribution < -0.4 is 5.32 Å². The van der Waals surface area contributed by atoms with Crippen molar-refractivity contribution < 1.29 is 39.8 Å². The molecule has 0 aliphatic carbocycles. The van der Waals surface area contributed by atoms with Gasteiger partial charge in [0.05, 0.1) is 25.4 Å². The van der Waals surface area contributed by atoms with Crippen LogP contribution >= 0.6 is 0 Å². The van der Waals surface area contributed by atoms with E-state index in [1.54, 1.807) is 6.08 Å². The molecule has 1 amide bonds. The van der Waals surface area contributed by atoms with Crippen molar-refractivity contribution in [3.63, 3.8) is 0 Å². The highest BCUT2D eigenvalue weighted by Gasteiger charge is 2.44. The molecule has 1 aliphatic rings. The molecular formula is C59H113NO8. The van der Waals surface area contributed by atoms with Crippen molar-refractivity contribution in [3.05, 3.63) is 24.3 Å². The summed E-state index contributed by atoms with van der Waals surface area (Å²) in [5.74, 6) is -0.173. The molecule has 0 aromatic carbocycles. The molecule has 1 fully saturated rings. The fourth-order valence-electron chi connectivity index (χ4n) is 9.57. The number of carbonyl (C=O) groups excluding carboxylic acids is 1. The van der Waals surface area contributed by atoms with Crippen LogP contribution in [0.4, 0.5) is 0 Å². The molecule has 0 saturated carbocycles. The molecule has 0 aromatic heterocycles. The van der Waals surface area contributed by atoms with Gasteiger partial charge in [-0.15, -0.1) is 0 Å². The van der Waals surface area contributed by atoms with Gasteiger partial charge < -0.3 is 40.3 Å². The van der Waals surface area contributed by atoms with Crippen molar-refractivity contribution in [3.8, 4) is 0 Å². The molecule has 7 unspecified atom stereocenters. The quantitative estimate of drug-likeness (QED) is 0.0261. The Morgan fingerprint density at radius 1 is 0.485 bits per heavy atom. The zero-order valence-electron chi connectivity index (χ0n) is 44.6. The molecule has 9 nitrogen and oxygen atoms in total. The average Bonchev–Trinajstić information content (AvgIpc) is 3.34. The van der Waals surface area contributed by atoms with Gasteiger partial charge in [-0.3, -0.25) is 4.79 Å². The fourth-order valence-corrected chi connectivity index (χ4v) is 9.57. The Morgan fingerprint density at radius 2 is 0.824 bits per heavy atom. The molecule has 1 rings (SSSR count). The zero-order valence-corrected chi connectivity index (χ0v) is 44.6. The predicted molar refractivity (Wildman–Crippen MR) is 286 cm³/mol. The van der Waals surface area contributed by atoms with E-state index in [0.29, 0.717) is 6.42 Å². The third kappa shape index (κ3) is 38.4. The molecule has 6 N–H and O–H groups in total. The van der Waals surface area contributed by atoms with Crippen LogP contribution in [0.15, 0.2) is 24.3 Å². The van der Waals surface area contributed by atoms with Crippen LogP contribution in [0, 0.1) is 0 Å². The van der Waals surface area contributed by atoms with E-state index in [0.717, 1.165) is 38.5 Å². The topological polar surface area (TPSA) is 149 Å². The van der Waals surface area contributed by atoms with Gasteiger partial charge in [0, 0.05) is 6.42 Å². The molecule has 0 spiro atoms. The van der Waals surface area contributed by atoms with Crippen LogP contribution in [-0.4, -0.2) is 87.5 Å². The van der Waals surface area contributed by atoms with Gasteiger partial charge in [0.25, 0.3) is 0 Å². The Labute approximate surface area is 419 Å². The lowest BCUT2D eigenvalue weighted by Crippen LogP contribution is -2.60. The summed E-state index contributed by atoms with van der Waals surface area (Å²) in [5.41, 5.74) is 0. The molecule has 0 bridgehead atoms. The molecule has 9 heteroatoms. The minimum Gasteiger partial charge on any atom is -0.394 e. The van der Waals surface area contributed by atoms with Crippen molar-refractivity contribution in [1.29, 1.82) is 0 Å². The normalized spacial score (nSPS) is 19.7. The van der Waals surface area contributed by atoms with E-state index in [4.69, 9.17) is 9.47 Å². The number of hydrogen-bond donors (Lipinski definition) is 6. The number of rotatable bonds is 51. The lowest BCUT2D eigenvalue weighted by atomic mass is 9.99. The second-order valence-electron chi connectivity index (χ2n) is 20.8. The van der Waals surface area contributed by atoms with Gasteiger partial charge in [-0.05, 0) is 44.9 Å². The second-order valence-corrected chi connectivity index (χ2v) is 20.8. The van der Waals surface area contributed by atoms with Gasteiger partial charge in [-0.2, -0.15) is 0 Å². The number of carbonyl (C=O) groups is 1. The minimum absolute atomic E-state index is 0.173. The van der Waals surface area contributed by atoms with Crippen molar-refractivity contribution in [2.45, 2.75) is 333 Å². The number of nitrogens with one attached hydrogen (secondary N) is 1. The van der Waals surface area contributed by atoms with Crippen LogP contribution in [0.2, 0.25) is 0 Å². The molecular weight excluding hydrogens is 851 g/mol. The Balaban J connectivity index is 2.22. The first-order valence-corrected chi connectivity index (χ1v) is 29.6. The Hall–Kier alpha value is -1.33. The summed E-state index contributed by atoms with van der Waals surface area (Å²) in [5, 5.41) is 54.6. The van der Waals surface area contributed by atoms with Crippen LogP contribution in [0.1, 0.15) is 290 Å². The molecule has 1 heterocycles. The first kappa shape index (κ1) is 64.7. The van der Waals surface area contributed by atoms with Gasteiger partial charge in [-0.1, -0.05) is 263 Å². The second kappa shape index (κ2) is 49.3. The van der Waals surface area contributed by atoms with Crippen molar-refractivity contribution in [2.75, 3.05) is 13.2 Å². The maximum absolute atomic E-state index is 13.1. The van der Waals surface area contributed by atoms with E-state index in [1.807, 2.05) is 6.08 Å². The van der Waals surface area contributed by atoms with Gasteiger partial charge >= 0.3 is 0 Å². The van der Waals surface area contributed by atoms with Crippen LogP contribution in [-0.2, 0) is 14.3 Å². The third-order valence-electron chi connectivity index (χ3n) is 14.3. The Bertz CT molecular complexity index is 1120. The minimum atomic E-state index is -1.57. The number of allylic oxidation sites excluding steroid dienone is 3. The van der Waals surface area contributed by atoms with Crippen LogP contribution in [0.3, 0.4) is 0 Å². The van der Waals surface area contributed by atoms with E-state index in [1.165, 1.54) is 231 Å². The van der Waals surface area contributed by atoms with Crippen LogP contribution in [0.5, 0.6) is 0 Å². The number of aliphatic hydroxyl groups is 5. The van der Waals surface area contributed by atoms with Gasteiger partial charge in [-0.25, -0.2) is 0 Å². The smallest absolute Gasteiger partial charge is 0.220 e. The first-order valence-electron chi connectivity index (χ1n) is 29.6. The van der Waals surface area contributed by atoms with Crippen LogP contribution in [0.25, 0.3) is 0 Å². The lowest BCUT2D eigenvalue weighted by molar-refractivity contribution is -0.302. The van der Waals surface area contributed by atoms with Gasteiger partial charge in [0.15, 0.2) is 6.29 Å². The van der Waals surface area contributed by atoms with E-state index in [9.17, 15) is 30.3 Å². The van der Waals surface area contributed by atoms with E-state index < -0.39 is 49.5 Å². The molecule has 7 atom stereocenters. The predicted octanol–water partition coefficient (Wildman–Crippen LogP) is 14.6. The number of amides is 1. The van der Waals surface area contributed by atoms with Crippen molar-refractivity contribution >= 4 is 5.91 Å². The van der Waals surface area contributed by atoms with Gasteiger partial charge in [0.1, 0.15) is 24.4 Å². The zero-order chi connectivity index (χ0) is 49.4. The molecule has 68 heavy (non-hydrogen) atoms.